The van der Waals surface area contributed by atoms with Gasteiger partial charge in [0, 0.05) is 49.5 Å². The third kappa shape index (κ3) is 5.84. The van der Waals surface area contributed by atoms with Crippen molar-refractivity contribution < 1.29 is 26.3 Å². The number of sulfonamides is 2. The first kappa shape index (κ1) is 24.6. The minimum atomic E-state index is -4.00. The van der Waals surface area contributed by atoms with E-state index in [9.17, 15) is 16.8 Å². The van der Waals surface area contributed by atoms with E-state index in [0.29, 0.717) is 37.0 Å². The third-order valence-electron chi connectivity index (χ3n) is 5.12. The van der Waals surface area contributed by atoms with Gasteiger partial charge in [0.25, 0.3) is 0 Å². The molecule has 3 rings (SSSR count). The van der Waals surface area contributed by atoms with Crippen LogP contribution in [0.15, 0.2) is 47.4 Å². The molecule has 1 saturated heterocycles. The number of anilines is 1. The third-order valence-corrected chi connectivity index (χ3v) is 8.71. The van der Waals surface area contributed by atoms with Gasteiger partial charge in [0.05, 0.1) is 20.0 Å². The number of benzene rings is 2. The maximum Gasteiger partial charge on any atom is 0.244 e. The van der Waals surface area contributed by atoms with Crippen molar-refractivity contribution in [1.82, 2.24) is 9.03 Å². The molecule has 0 aromatic heterocycles. The Morgan fingerprint density at radius 1 is 0.969 bits per heavy atom. The Balaban J connectivity index is 1.59. The van der Waals surface area contributed by atoms with Crippen LogP contribution < -0.4 is 19.1 Å². The molecule has 0 amide bonds. The average Bonchev–Trinajstić information content (AvgIpc) is 2.78. The second-order valence-electron chi connectivity index (χ2n) is 7.10. The van der Waals surface area contributed by atoms with E-state index in [1.54, 1.807) is 12.1 Å². The molecule has 0 spiro atoms. The van der Waals surface area contributed by atoms with Gasteiger partial charge in [-0.3, -0.25) is 0 Å². The molecule has 0 radical (unpaired) electrons. The normalized spacial score (nSPS) is 15.5. The van der Waals surface area contributed by atoms with Gasteiger partial charge in [-0.2, -0.15) is 4.31 Å². The molecule has 2 aromatic carbocycles. The van der Waals surface area contributed by atoms with E-state index in [2.05, 4.69) is 9.62 Å². The van der Waals surface area contributed by atoms with Crippen LogP contribution in [0.4, 0.5) is 5.69 Å². The predicted molar refractivity (Wildman–Crippen MR) is 124 cm³/mol. The van der Waals surface area contributed by atoms with Crippen LogP contribution in [-0.4, -0.2) is 73.8 Å². The summed E-state index contributed by atoms with van der Waals surface area (Å²) in [6.45, 7) is 1.40. The number of halogens is 1. The fraction of sp³-hybridized carbons (Fsp3) is 0.400. The molecule has 0 saturated carbocycles. The van der Waals surface area contributed by atoms with Gasteiger partial charge in [-0.1, -0.05) is 17.7 Å². The van der Waals surface area contributed by atoms with E-state index >= 15 is 0 Å². The fourth-order valence-corrected chi connectivity index (χ4v) is 6.27. The van der Waals surface area contributed by atoms with Crippen LogP contribution in [0.3, 0.4) is 0 Å². The number of rotatable bonds is 9. The van der Waals surface area contributed by atoms with Crippen LogP contribution >= 0.6 is 11.6 Å². The molecular weight excluding hydrogens is 478 g/mol. The summed E-state index contributed by atoms with van der Waals surface area (Å²) in [6.07, 6.45) is 0. The van der Waals surface area contributed by atoms with E-state index in [1.807, 2.05) is 18.2 Å². The lowest BCUT2D eigenvalue weighted by Gasteiger charge is -2.35. The summed E-state index contributed by atoms with van der Waals surface area (Å²) in [5, 5.41) is 0.623. The van der Waals surface area contributed by atoms with Crippen molar-refractivity contribution in [1.29, 1.82) is 0 Å². The van der Waals surface area contributed by atoms with Crippen molar-refractivity contribution in [3.8, 4) is 11.5 Å². The summed E-state index contributed by atoms with van der Waals surface area (Å²) in [5.74, 6) is 0.130. The first-order valence-electron chi connectivity index (χ1n) is 9.86. The topological polar surface area (TPSA) is 105 Å². The summed E-state index contributed by atoms with van der Waals surface area (Å²) in [5.41, 5.74) is 0.939. The molecule has 176 valence electrons. The maximum absolute atomic E-state index is 12.7. The van der Waals surface area contributed by atoms with Crippen LogP contribution in [0.1, 0.15) is 0 Å². The monoisotopic (exact) mass is 503 g/mol. The largest absolute Gasteiger partial charge is 0.497 e. The van der Waals surface area contributed by atoms with E-state index < -0.39 is 20.0 Å². The molecule has 1 heterocycles. The van der Waals surface area contributed by atoms with Gasteiger partial charge in [0.15, 0.2) is 0 Å². The van der Waals surface area contributed by atoms with Crippen molar-refractivity contribution in [3.05, 3.63) is 47.5 Å². The van der Waals surface area contributed by atoms with Crippen molar-refractivity contribution >= 4 is 37.3 Å². The number of nitrogens with one attached hydrogen (secondary N) is 1. The van der Waals surface area contributed by atoms with E-state index in [1.165, 1.54) is 30.7 Å². The molecule has 1 fully saturated rings. The number of methoxy groups -OCH3 is 2. The molecule has 32 heavy (non-hydrogen) atoms. The Kier molecular flexibility index (Phi) is 7.88. The summed E-state index contributed by atoms with van der Waals surface area (Å²) in [6, 6.07) is 11.8. The highest BCUT2D eigenvalue weighted by Crippen LogP contribution is 2.28. The van der Waals surface area contributed by atoms with Crippen molar-refractivity contribution in [3.63, 3.8) is 0 Å². The van der Waals surface area contributed by atoms with Gasteiger partial charge in [0.2, 0.25) is 20.0 Å². The quantitative estimate of drug-likeness (QED) is 0.556. The van der Waals surface area contributed by atoms with Crippen molar-refractivity contribution in [2.45, 2.75) is 4.90 Å². The van der Waals surface area contributed by atoms with Crippen LogP contribution in [0.25, 0.3) is 0 Å². The highest BCUT2D eigenvalue weighted by molar-refractivity contribution is 7.90. The van der Waals surface area contributed by atoms with Gasteiger partial charge in [0.1, 0.15) is 16.4 Å². The molecular formula is C20H26ClN3O6S2. The predicted octanol–water partition coefficient (Wildman–Crippen LogP) is 1.79. The zero-order chi connectivity index (χ0) is 23.4. The summed E-state index contributed by atoms with van der Waals surface area (Å²) >= 11 is 6.04. The highest BCUT2D eigenvalue weighted by atomic mass is 35.5. The smallest absolute Gasteiger partial charge is 0.244 e. The number of piperazine rings is 1. The molecule has 0 atom stereocenters. The average molecular weight is 504 g/mol. The molecule has 0 bridgehead atoms. The Morgan fingerprint density at radius 3 is 2.31 bits per heavy atom. The standard InChI is InChI=1S/C20H26ClN3O6S2/c1-29-18-6-7-19(30-2)20(15-18)32(27,28)22-8-13-31(25,26)24-11-9-23(10-12-24)17-5-3-4-16(21)14-17/h3-7,14-15,22H,8-13H2,1-2H3. The molecule has 9 nitrogen and oxygen atoms in total. The highest BCUT2D eigenvalue weighted by Gasteiger charge is 2.28. The number of nitrogens with zero attached hydrogens (tertiary/aromatic N) is 2. The zero-order valence-corrected chi connectivity index (χ0v) is 20.2. The van der Waals surface area contributed by atoms with Crippen molar-refractivity contribution in [2.75, 3.05) is 57.6 Å². The maximum atomic E-state index is 12.7. The summed E-state index contributed by atoms with van der Waals surface area (Å²) < 4.78 is 64.8. The van der Waals surface area contributed by atoms with Crippen LogP contribution in [0.2, 0.25) is 5.02 Å². The first-order chi connectivity index (χ1) is 15.2. The minimum absolute atomic E-state index is 0.119. The van der Waals surface area contributed by atoms with Gasteiger partial charge >= 0.3 is 0 Å². The molecule has 1 N–H and O–H groups in total. The van der Waals surface area contributed by atoms with E-state index in [-0.39, 0.29) is 22.9 Å². The zero-order valence-electron chi connectivity index (χ0n) is 17.8. The molecule has 0 unspecified atom stereocenters. The van der Waals surface area contributed by atoms with Gasteiger partial charge in [-0.25, -0.2) is 21.6 Å². The number of hydrogen-bond acceptors (Lipinski definition) is 7. The van der Waals surface area contributed by atoms with Gasteiger partial charge in [-0.05, 0) is 30.3 Å². The SMILES string of the molecule is COc1ccc(OC)c(S(=O)(=O)NCCS(=O)(=O)N2CCN(c3cccc(Cl)c3)CC2)c1. The second kappa shape index (κ2) is 10.3. The number of hydrogen-bond donors (Lipinski definition) is 1. The first-order valence-corrected chi connectivity index (χ1v) is 13.3. The van der Waals surface area contributed by atoms with Gasteiger partial charge in [-0.15, -0.1) is 0 Å². The van der Waals surface area contributed by atoms with Crippen LogP contribution in [0, 0.1) is 0 Å². The number of ether oxygens (including phenoxy) is 2. The van der Waals surface area contributed by atoms with Crippen LogP contribution in [-0.2, 0) is 20.0 Å². The minimum Gasteiger partial charge on any atom is -0.497 e. The lowest BCUT2D eigenvalue weighted by Crippen LogP contribution is -2.50. The van der Waals surface area contributed by atoms with E-state index in [4.69, 9.17) is 21.1 Å². The van der Waals surface area contributed by atoms with Crippen LogP contribution in [0.5, 0.6) is 11.5 Å². The lowest BCUT2D eigenvalue weighted by atomic mass is 10.2. The Labute approximate surface area is 194 Å². The molecule has 12 heteroatoms. The van der Waals surface area contributed by atoms with Gasteiger partial charge < -0.3 is 14.4 Å². The van der Waals surface area contributed by atoms with Crippen molar-refractivity contribution in [2.24, 2.45) is 0 Å². The van der Waals surface area contributed by atoms with E-state index in [0.717, 1.165) is 5.69 Å². The second-order valence-corrected chi connectivity index (χ2v) is 11.4. The fourth-order valence-electron chi connectivity index (χ4n) is 3.40. The molecule has 0 aliphatic carbocycles. The Bertz CT molecular complexity index is 1150. The Hall–Kier alpha value is -2.05. The molecule has 1 aliphatic rings. The molecule has 1 aliphatic heterocycles. The molecule has 2 aromatic rings. The summed E-state index contributed by atoms with van der Waals surface area (Å²) in [4.78, 5) is 1.95. The lowest BCUT2D eigenvalue weighted by molar-refractivity contribution is 0.385. The Morgan fingerprint density at radius 2 is 1.69 bits per heavy atom. The summed E-state index contributed by atoms with van der Waals surface area (Å²) in [7, 11) is -4.85.